The molecule has 0 bridgehead atoms. The Labute approximate surface area is 168 Å². The van der Waals surface area contributed by atoms with Crippen LogP contribution in [0.5, 0.6) is 5.75 Å². The number of piperidine rings is 1. The molecule has 0 saturated carbocycles. The van der Waals surface area contributed by atoms with Crippen molar-refractivity contribution < 1.29 is 13.9 Å². The normalized spacial score (nSPS) is 17.6. The van der Waals surface area contributed by atoms with Crippen LogP contribution in [0.15, 0.2) is 36.4 Å². The number of nitrogens with one attached hydrogen (secondary N) is 1. The van der Waals surface area contributed by atoms with Gasteiger partial charge in [-0.15, -0.1) is 0 Å². The standard InChI is InChI=1S/C20H21Cl2FN2O2/c1-27-19-8-7-14(21)10-18(19)24-20(26)13-4-3-9-25(11-13)12-15-16(22)5-2-6-17(15)23/h2,5-8,10,13H,3-4,9,11-12H2,1H3,(H,24,26). The molecule has 1 aliphatic heterocycles. The summed E-state index contributed by atoms with van der Waals surface area (Å²) in [5, 5.41) is 3.83. The zero-order valence-electron chi connectivity index (χ0n) is 15.0. The molecular weight excluding hydrogens is 390 g/mol. The molecule has 1 atom stereocenters. The van der Waals surface area contributed by atoms with E-state index in [2.05, 4.69) is 10.2 Å². The number of rotatable bonds is 5. The molecule has 1 heterocycles. The van der Waals surface area contributed by atoms with Gasteiger partial charge in [-0.25, -0.2) is 4.39 Å². The molecule has 1 amide bonds. The predicted octanol–water partition coefficient (Wildman–Crippen LogP) is 4.99. The average molecular weight is 411 g/mol. The molecule has 7 heteroatoms. The van der Waals surface area contributed by atoms with Crippen molar-refractivity contribution >= 4 is 34.8 Å². The lowest BCUT2D eigenvalue weighted by atomic mass is 9.96. The van der Waals surface area contributed by atoms with Crippen LogP contribution < -0.4 is 10.1 Å². The van der Waals surface area contributed by atoms with E-state index in [1.54, 1.807) is 37.4 Å². The lowest BCUT2D eigenvalue weighted by Crippen LogP contribution is -2.40. The number of likely N-dealkylation sites (tertiary alicyclic amines) is 1. The van der Waals surface area contributed by atoms with Crippen molar-refractivity contribution in [2.24, 2.45) is 5.92 Å². The molecule has 0 aliphatic carbocycles. The van der Waals surface area contributed by atoms with Crippen LogP contribution in [0.3, 0.4) is 0 Å². The summed E-state index contributed by atoms with van der Waals surface area (Å²) in [7, 11) is 1.54. The van der Waals surface area contributed by atoms with Crippen LogP contribution >= 0.6 is 23.2 Å². The van der Waals surface area contributed by atoms with Crippen molar-refractivity contribution in [2.75, 3.05) is 25.5 Å². The molecule has 3 rings (SSSR count). The van der Waals surface area contributed by atoms with Crippen molar-refractivity contribution in [2.45, 2.75) is 19.4 Å². The maximum Gasteiger partial charge on any atom is 0.228 e. The van der Waals surface area contributed by atoms with Crippen molar-refractivity contribution in [3.05, 3.63) is 57.8 Å². The molecule has 2 aromatic carbocycles. The van der Waals surface area contributed by atoms with E-state index < -0.39 is 0 Å². The Bertz CT molecular complexity index is 811. The monoisotopic (exact) mass is 410 g/mol. The van der Waals surface area contributed by atoms with E-state index in [1.165, 1.54) is 6.07 Å². The number of methoxy groups -OCH3 is 1. The van der Waals surface area contributed by atoms with E-state index >= 15 is 0 Å². The summed E-state index contributed by atoms with van der Waals surface area (Å²) in [5.41, 5.74) is 1.01. The van der Waals surface area contributed by atoms with E-state index in [4.69, 9.17) is 27.9 Å². The lowest BCUT2D eigenvalue weighted by Gasteiger charge is -2.32. The Morgan fingerprint density at radius 1 is 1.33 bits per heavy atom. The molecule has 0 aromatic heterocycles. The summed E-state index contributed by atoms with van der Waals surface area (Å²) in [6, 6.07) is 9.76. The van der Waals surface area contributed by atoms with Gasteiger partial charge in [0.2, 0.25) is 5.91 Å². The fourth-order valence-corrected chi connectivity index (χ4v) is 3.73. The van der Waals surface area contributed by atoms with E-state index in [-0.39, 0.29) is 17.6 Å². The van der Waals surface area contributed by atoms with E-state index in [0.717, 1.165) is 19.4 Å². The van der Waals surface area contributed by atoms with Gasteiger partial charge < -0.3 is 10.1 Å². The highest BCUT2D eigenvalue weighted by atomic mass is 35.5. The zero-order valence-corrected chi connectivity index (χ0v) is 16.5. The first kappa shape index (κ1) is 19.9. The maximum absolute atomic E-state index is 14.1. The second kappa shape index (κ2) is 8.91. The Kier molecular flexibility index (Phi) is 6.58. The molecule has 144 valence electrons. The summed E-state index contributed by atoms with van der Waals surface area (Å²) in [6.07, 6.45) is 1.63. The van der Waals surface area contributed by atoms with E-state index in [9.17, 15) is 9.18 Å². The molecule has 0 spiro atoms. The van der Waals surface area contributed by atoms with Crippen LogP contribution in [0.1, 0.15) is 18.4 Å². The Morgan fingerprint density at radius 2 is 2.15 bits per heavy atom. The molecule has 4 nitrogen and oxygen atoms in total. The van der Waals surface area contributed by atoms with Crippen LogP contribution in [0.4, 0.5) is 10.1 Å². The number of nitrogens with zero attached hydrogens (tertiary/aromatic N) is 1. The van der Waals surface area contributed by atoms with Gasteiger partial charge in [0.15, 0.2) is 0 Å². The molecule has 0 radical (unpaired) electrons. The first-order chi connectivity index (χ1) is 13.0. The number of halogens is 3. The number of amides is 1. The van der Waals surface area contributed by atoms with Gasteiger partial charge in [0, 0.05) is 28.7 Å². The number of carbonyl (C=O) groups excluding carboxylic acids is 1. The second-order valence-corrected chi connectivity index (χ2v) is 7.45. The van der Waals surface area contributed by atoms with Gasteiger partial charge in [0.05, 0.1) is 18.7 Å². The number of benzene rings is 2. The molecular formula is C20H21Cl2FN2O2. The number of hydrogen-bond donors (Lipinski definition) is 1. The number of ether oxygens (including phenoxy) is 1. The Morgan fingerprint density at radius 3 is 2.89 bits per heavy atom. The first-order valence-corrected chi connectivity index (χ1v) is 9.53. The predicted molar refractivity (Wildman–Crippen MR) is 106 cm³/mol. The minimum absolute atomic E-state index is 0.0973. The molecule has 1 saturated heterocycles. The fraction of sp³-hybridized carbons (Fsp3) is 0.350. The zero-order chi connectivity index (χ0) is 19.4. The van der Waals surface area contributed by atoms with Gasteiger partial charge in [0.1, 0.15) is 11.6 Å². The van der Waals surface area contributed by atoms with Gasteiger partial charge in [-0.05, 0) is 49.7 Å². The van der Waals surface area contributed by atoms with Crippen LogP contribution in [0.25, 0.3) is 0 Å². The third-order valence-corrected chi connectivity index (χ3v) is 5.33. The molecule has 1 fully saturated rings. The summed E-state index contributed by atoms with van der Waals surface area (Å²) < 4.78 is 19.3. The third-order valence-electron chi connectivity index (χ3n) is 4.74. The van der Waals surface area contributed by atoms with E-state index in [1.807, 2.05) is 0 Å². The third kappa shape index (κ3) is 4.92. The highest BCUT2D eigenvalue weighted by Crippen LogP contribution is 2.29. The minimum atomic E-state index is -0.322. The van der Waals surface area contributed by atoms with Crippen molar-refractivity contribution in [3.63, 3.8) is 0 Å². The quantitative estimate of drug-likeness (QED) is 0.754. The Hall–Kier alpha value is -1.82. The molecule has 1 unspecified atom stereocenters. The molecule has 2 aromatic rings. The topological polar surface area (TPSA) is 41.6 Å². The second-order valence-electron chi connectivity index (χ2n) is 6.61. The van der Waals surface area contributed by atoms with Crippen LogP contribution in [0, 0.1) is 11.7 Å². The van der Waals surface area contributed by atoms with Gasteiger partial charge in [-0.1, -0.05) is 29.3 Å². The Balaban J connectivity index is 1.67. The highest BCUT2D eigenvalue weighted by molar-refractivity contribution is 6.31. The summed E-state index contributed by atoms with van der Waals surface area (Å²) in [5.74, 6) is -0.0656. The largest absolute Gasteiger partial charge is 0.495 e. The minimum Gasteiger partial charge on any atom is -0.495 e. The maximum atomic E-state index is 14.1. The summed E-state index contributed by atoms with van der Waals surface area (Å²) >= 11 is 12.2. The van der Waals surface area contributed by atoms with Gasteiger partial charge >= 0.3 is 0 Å². The first-order valence-electron chi connectivity index (χ1n) is 8.77. The van der Waals surface area contributed by atoms with Gasteiger partial charge in [-0.2, -0.15) is 0 Å². The molecule has 1 aliphatic rings. The summed E-state index contributed by atoms with van der Waals surface area (Å²) in [6.45, 7) is 1.73. The molecule has 27 heavy (non-hydrogen) atoms. The lowest BCUT2D eigenvalue weighted by molar-refractivity contribution is -0.121. The fourth-order valence-electron chi connectivity index (χ4n) is 3.33. The molecule has 1 N–H and O–H groups in total. The number of carbonyl (C=O) groups is 1. The van der Waals surface area contributed by atoms with Gasteiger partial charge in [-0.3, -0.25) is 9.69 Å². The SMILES string of the molecule is COc1ccc(Cl)cc1NC(=O)C1CCCN(Cc2c(F)cccc2Cl)C1. The smallest absolute Gasteiger partial charge is 0.228 e. The van der Waals surface area contributed by atoms with Crippen LogP contribution in [0.2, 0.25) is 10.0 Å². The van der Waals surface area contributed by atoms with Crippen LogP contribution in [-0.2, 0) is 11.3 Å². The van der Waals surface area contributed by atoms with Crippen molar-refractivity contribution in [1.29, 1.82) is 0 Å². The van der Waals surface area contributed by atoms with Crippen molar-refractivity contribution in [1.82, 2.24) is 4.90 Å². The van der Waals surface area contributed by atoms with Gasteiger partial charge in [0.25, 0.3) is 0 Å². The highest BCUT2D eigenvalue weighted by Gasteiger charge is 2.27. The van der Waals surface area contributed by atoms with Crippen LogP contribution in [-0.4, -0.2) is 31.0 Å². The number of anilines is 1. The van der Waals surface area contributed by atoms with E-state index in [0.29, 0.717) is 40.1 Å². The average Bonchev–Trinajstić information content (AvgIpc) is 2.65. The number of hydrogen-bond acceptors (Lipinski definition) is 3. The summed E-state index contributed by atoms with van der Waals surface area (Å²) in [4.78, 5) is 14.8. The van der Waals surface area contributed by atoms with Crippen molar-refractivity contribution in [3.8, 4) is 5.75 Å².